The average molecular weight is 221 g/mol. The van der Waals surface area contributed by atoms with Crippen LogP contribution in [-0.4, -0.2) is 23.4 Å². The van der Waals surface area contributed by atoms with Gasteiger partial charge in [0.25, 0.3) is 0 Å². The van der Waals surface area contributed by atoms with E-state index in [9.17, 15) is 13.2 Å². The van der Waals surface area contributed by atoms with Crippen molar-refractivity contribution in [3.8, 4) is 0 Å². The predicted octanol–water partition coefficient (Wildman–Crippen LogP) is 2.07. The van der Waals surface area contributed by atoms with Gasteiger partial charge in [0, 0.05) is 6.20 Å². The number of halogens is 3. The number of hydrogen-bond donors (Lipinski definition) is 1. The minimum atomic E-state index is -4.35. The van der Waals surface area contributed by atoms with E-state index in [1.807, 2.05) is 6.92 Å². The standard InChI is InChI=1S/C9H14F3N3/c1-7(3-5-13-2)15-6-4-8(14-15)9(10,11)12/h4,6-7,13H,3,5H2,1-2H3. The third-order valence-electron chi connectivity index (χ3n) is 2.16. The Morgan fingerprint density at radius 3 is 2.67 bits per heavy atom. The van der Waals surface area contributed by atoms with Crippen LogP contribution >= 0.6 is 0 Å². The normalized spacial score (nSPS) is 14.2. The van der Waals surface area contributed by atoms with Gasteiger partial charge in [-0.2, -0.15) is 18.3 Å². The molecule has 1 aromatic heterocycles. The summed E-state index contributed by atoms with van der Waals surface area (Å²) in [5, 5.41) is 6.44. The number of alkyl halides is 3. The van der Waals surface area contributed by atoms with Gasteiger partial charge in [-0.3, -0.25) is 4.68 Å². The van der Waals surface area contributed by atoms with Crippen LogP contribution in [0, 0.1) is 0 Å². The van der Waals surface area contributed by atoms with Gasteiger partial charge in [0.1, 0.15) is 0 Å². The Kier molecular flexibility index (Phi) is 3.73. The molecule has 1 aromatic rings. The van der Waals surface area contributed by atoms with Gasteiger partial charge in [-0.1, -0.05) is 0 Å². The van der Waals surface area contributed by atoms with Crippen LogP contribution in [0.1, 0.15) is 25.1 Å². The molecule has 0 aliphatic carbocycles. The van der Waals surface area contributed by atoms with Crippen molar-refractivity contribution in [2.45, 2.75) is 25.6 Å². The summed E-state index contributed by atoms with van der Waals surface area (Å²) < 4.78 is 38.0. The van der Waals surface area contributed by atoms with Gasteiger partial charge >= 0.3 is 6.18 Å². The summed E-state index contributed by atoms with van der Waals surface area (Å²) >= 11 is 0. The molecule has 1 rings (SSSR count). The molecule has 3 nitrogen and oxygen atoms in total. The summed E-state index contributed by atoms with van der Waals surface area (Å²) in [6.07, 6.45) is -2.24. The van der Waals surface area contributed by atoms with E-state index in [1.165, 1.54) is 10.9 Å². The lowest BCUT2D eigenvalue weighted by Crippen LogP contribution is -2.16. The van der Waals surface area contributed by atoms with Gasteiger partial charge in [0.15, 0.2) is 5.69 Å². The van der Waals surface area contributed by atoms with Crippen molar-refractivity contribution in [3.63, 3.8) is 0 Å². The number of aromatic nitrogens is 2. The summed E-state index contributed by atoms with van der Waals surface area (Å²) in [5.41, 5.74) is -0.834. The van der Waals surface area contributed by atoms with Crippen LogP contribution in [0.3, 0.4) is 0 Å². The largest absolute Gasteiger partial charge is 0.435 e. The Morgan fingerprint density at radius 1 is 1.53 bits per heavy atom. The topological polar surface area (TPSA) is 29.9 Å². The monoisotopic (exact) mass is 221 g/mol. The van der Waals surface area contributed by atoms with Gasteiger partial charge < -0.3 is 5.32 Å². The van der Waals surface area contributed by atoms with Crippen molar-refractivity contribution in [1.29, 1.82) is 0 Å². The molecule has 0 aliphatic heterocycles. The lowest BCUT2D eigenvalue weighted by atomic mass is 10.2. The summed E-state index contributed by atoms with van der Waals surface area (Å²) in [7, 11) is 1.80. The van der Waals surface area contributed by atoms with Crippen LogP contribution in [0.15, 0.2) is 12.3 Å². The third-order valence-corrected chi connectivity index (χ3v) is 2.16. The maximum absolute atomic E-state index is 12.2. The zero-order chi connectivity index (χ0) is 11.5. The lowest BCUT2D eigenvalue weighted by molar-refractivity contribution is -0.141. The van der Waals surface area contributed by atoms with Crippen LogP contribution < -0.4 is 5.32 Å². The van der Waals surface area contributed by atoms with Gasteiger partial charge in [0.2, 0.25) is 0 Å². The molecular formula is C9H14F3N3. The Bertz CT molecular complexity index is 306. The van der Waals surface area contributed by atoms with E-state index in [0.29, 0.717) is 0 Å². The molecule has 0 saturated carbocycles. The average Bonchev–Trinajstić information content (AvgIpc) is 2.62. The summed E-state index contributed by atoms with van der Waals surface area (Å²) in [6, 6.07) is 0.962. The predicted molar refractivity (Wildman–Crippen MR) is 50.5 cm³/mol. The van der Waals surface area contributed by atoms with Crippen molar-refractivity contribution in [2.75, 3.05) is 13.6 Å². The number of rotatable bonds is 4. The van der Waals surface area contributed by atoms with Crippen LogP contribution in [0.4, 0.5) is 13.2 Å². The molecule has 0 amide bonds. The third kappa shape index (κ3) is 3.23. The van der Waals surface area contributed by atoms with E-state index in [1.54, 1.807) is 7.05 Å². The lowest BCUT2D eigenvalue weighted by Gasteiger charge is -2.11. The highest BCUT2D eigenvalue weighted by atomic mass is 19.4. The highest BCUT2D eigenvalue weighted by Crippen LogP contribution is 2.27. The molecule has 6 heteroatoms. The first kappa shape index (κ1) is 12.0. The Hall–Kier alpha value is -1.04. The van der Waals surface area contributed by atoms with Crippen LogP contribution in [0.5, 0.6) is 0 Å². The molecule has 1 heterocycles. The molecule has 15 heavy (non-hydrogen) atoms. The zero-order valence-electron chi connectivity index (χ0n) is 8.67. The Labute approximate surface area is 86.3 Å². The maximum atomic E-state index is 12.2. The molecule has 1 N–H and O–H groups in total. The minimum absolute atomic E-state index is 0.0338. The van der Waals surface area contributed by atoms with Crippen molar-refractivity contribution in [1.82, 2.24) is 15.1 Å². The van der Waals surface area contributed by atoms with E-state index < -0.39 is 11.9 Å². The molecule has 1 unspecified atom stereocenters. The quantitative estimate of drug-likeness (QED) is 0.843. The first-order valence-corrected chi connectivity index (χ1v) is 4.72. The zero-order valence-corrected chi connectivity index (χ0v) is 8.67. The first-order chi connectivity index (χ1) is 6.95. The van der Waals surface area contributed by atoms with Gasteiger partial charge in [0.05, 0.1) is 6.04 Å². The maximum Gasteiger partial charge on any atom is 0.435 e. The second-order valence-corrected chi connectivity index (χ2v) is 3.42. The fraction of sp³-hybridized carbons (Fsp3) is 0.667. The molecule has 86 valence electrons. The van der Waals surface area contributed by atoms with Crippen LogP contribution in [0.2, 0.25) is 0 Å². The second kappa shape index (κ2) is 4.65. The number of nitrogens with zero attached hydrogens (tertiary/aromatic N) is 2. The van der Waals surface area contributed by atoms with E-state index in [-0.39, 0.29) is 6.04 Å². The number of nitrogens with one attached hydrogen (secondary N) is 1. The summed E-state index contributed by atoms with van der Waals surface area (Å²) in [6.45, 7) is 2.59. The van der Waals surface area contributed by atoms with Gasteiger partial charge in [-0.25, -0.2) is 0 Å². The Morgan fingerprint density at radius 2 is 2.20 bits per heavy atom. The van der Waals surface area contributed by atoms with Crippen molar-refractivity contribution in [3.05, 3.63) is 18.0 Å². The van der Waals surface area contributed by atoms with Crippen LogP contribution in [-0.2, 0) is 6.18 Å². The molecule has 0 spiro atoms. The van der Waals surface area contributed by atoms with E-state index >= 15 is 0 Å². The summed E-state index contributed by atoms with van der Waals surface area (Å²) in [5.74, 6) is 0. The molecule has 0 fully saturated rings. The van der Waals surface area contributed by atoms with Gasteiger partial charge in [-0.15, -0.1) is 0 Å². The SMILES string of the molecule is CNCCC(C)n1ccc(C(F)(F)F)n1. The fourth-order valence-electron chi connectivity index (χ4n) is 1.22. The van der Waals surface area contributed by atoms with E-state index in [0.717, 1.165) is 19.0 Å². The van der Waals surface area contributed by atoms with E-state index in [2.05, 4.69) is 10.4 Å². The molecule has 0 saturated heterocycles. The highest BCUT2D eigenvalue weighted by Gasteiger charge is 2.33. The molecule has 0 aromatic carbocycles. The van der Waals surface area contributed by atoms with Gasteiger partial charge in [-0.05, 0) is 33.0 Å². The van der Waals surface area contributed by atoms with Crippen molar-refractivity contribution in [2.24, 2.45) is 0 Å². The highest BCUT2D eigenvalue weighted by molar-refractivity contribution is 5.03. The summed E-state index contributed by atoms with van der Waals surface area (Å²) in [4.78, 5) is 0. The molecule has 0 bridgehead atoms. The fourth-order valence-corrected chi connectivity index (χ4v) is 1.22. The number of hydrogen-bond acceptors (Lipinski definition) is 2. The van der Waals surface area contributed by atoms with Crippen molar-refractivity contribution >= 4 is 0 Å². The molecule has 0 radical (unpaired) electrons. The van der Waals surface area contributed by atoms with Crippen molar-refractivity contribution < 1.29 is 13.2 Å². The molecule has 1 atom stereocenters. The smallest absolute Gasteiger partial charge is 0.320 e. The minimum Gasteiger partial charge on any atom is -0.320 e. The van der Waals surface area contributed by atoms with E-state index in [4.69, 9.17) is 0 Å². The van der Waals surface area contributed by atoms with Crippen LogP contribution in [0.25, 0.3) is 0 Å². The molecular weight excluding hydrogens is 207 g/mol. The second-order valence-electron chi connectivity index (χ2n) is 3.42. The Balaban J connectivity index is 2.67. The first-order valence-electron chi connectivity index (χ1n) is 4.72. The molecule has 0 aliphatic rings.